The third-order valence-corrected chi connectivity index (χ3v) is 2.88. The molecule has 17 heavy (non-hydrogen) atoms. The van der Waals surface area contributed by atoms with E-state index in [1.54, 1.807) is 6.20 Å². The van der Waals surface area contributed by atoms with Gasteiger partial charge in [-0.1, -0.05) is 12.1 Å². The van der Waals surface area contributed by atoms with E-state index in [4.69, 9.17) is 4.74 Å². The lowest BCUT2D eigenvalue weighted by atomic mass is 10.4. The first-order valence-corrected chi connectivity index (χ1v) is 6.60. The molecular weight excluding hydrogens is 216 g/mol. The lowest BCUT2D eigenvalue weighted by molar-refractivity contribution is 0.124. The number of aromatic nitrogens is 3. The number of rotatable bonds is 9. The largest absolute Gasteiger partial charge is 0.381 e. The van der Waals surface area contributed by atoms with Crippen LogP contribution in [0.4, 0.5) is 5.82 Å². The first-order valence-electron chi connectivity index (χ1n) is 6.60. The van der Waals surface area contributed by atoms with E-state index < -0.39 is 0 Å². The molecule has 1 aromatic heterocycles. The Bertz CT molecular complexity index is 322. The highest BCUT2D eigenvalue weighted by atomic mass is 16.5. The molecule has 0 spiro atoms. The normalized spacial score (nSPS) is 15.1. The average Bonchev–Trinajstić information content (AvgIpc) is 3.05. The summed E-state index contributed by atoms with van der Waals surface area (Å²) in [6, 6.07) is 0. The number of hydrogen-bond acceptors (Lipinski definition) is 4. The van der Waals surface area contributed by atoms with E-state index in [1.165, 1.54) is 12.8 Å². The predicted octanol–water partition coefficient (Wildman–Crippen LogP) is 1.92. The van der Waals surface area contributed by atoms with Gasteiger partial charge in [-0.2, -0.15) is 0 Å². The topological polar surface area (TPSA) is 52.0 Å². The van der Waals surface area contributed by atoms with Gasteiger partial charge in [-0.15, -0.1) is 5.10 Å². The highest BCUT2D eigenvalue weighted by molar-refractivity contribution is 5.30. The summed E-state index contributed by atoms with van der Waals surface area (Å²) in [7, 11) is 0. The van der Waals surface area contributed by atoms with Gasteiger partial charge in [-0.25, -0.2) is 4.68 Å². The number of hydrogen-bond donors (Lipinski definition) is 1. The predicted molar refractivity (Wildman–Crippen MR) is 67.0 cm³/mol. The van der Waals surface area contributed by atoms with E-state index in [-0.39, 0.29) is 0 Å². The van der Waals surface area contributed by atoms with Crippen LogP contribution in [0.5, 0.6) is 0 Å². The second-order valence-electron chi connectivity index (χ2n) is 4.64. The van der Waals surface area contributed by atoms with Gasteiger partial charge >= 0.3 is 0 Å². The molecule has 1 aromatic rings. The smallest absolute Gasteiger partial charge is 0.144 e. The molecule has 0 radical (unpaired) electrons. The zero-order valence-corrected chi connectivity index (χ0v) is 10.6. The molecule has 5 heteroatoms. The summed E-state index contributed by atoms with van der Waals surface area (Å²) in [6.07, 6.45) is 6.60. The minimum atomic E-state index is 0.846. The van der Waals surface area contributed by atoms with Gasteiger partial charge in [0, 0.05) is 26.3 Å². The van der Waals surface area contributed by atoms with Gasteiger partial charge in [0.25, 0.3) is 0 Å². The fourth-order valence-electron chi connectivity index (χ4n) is 1.70. The van der Waals surface area contributed by atoms with Crippen LogP contribution in [0.3, 0.4) is 0 Å². The maximum atomic E-state index is 5.58. The molecule has 1 aliphatic rings. The standard InChI is InChI=1S/C12H22N4O/c1-2-7-16-12(9-14-15-16)13-6-3-8-17-10-11-4-5-11/h9,11,13H,2-8,10H2,1H3. The fraction of sp³-hybridized carbons (Fsp3) is 0.833. The Hall–Kier alpha value is -1.10. The lowest BCUT2D eigenvalue weighted by Gasteiger charge is -2.07. The molecule has 1 N–H and O–H groups in total. The second-order valence-corrected chi connectivity index (χ2v) is 4.64. The molecule has 1 fully saturated rings. The van der Waals surface area contributed by atoms with Crippen LogP contribution in [0.15, 0.2) is 6.20 Å². The van der Waals surface area contributed by atoms with E-state index >= 15 is 0 Å². The van der Waals surface area contributed by atoms with Gasteiger partial charge in [0.2, 0.25) is 0 Å². The summed E-state index contributed by atoms with van der Waals surface area (Å²) in [6.45, 7) is 5.77. The fourth-order valence-corrected chi connectivity index (χ4v) is 1.70. The molecular formula is C12H22N4O. The van der Waals surface area contributed by atoms with Crippen molar-refractivity contribution in [2.45, 2.75) is 39.2 Å². The molecule has 2 rings (SSSR count). The van der Waals surface area contributed by atoms with E-state index in [9.17, 15) is 0 Å². The molecule has 1 saturated carbocycles. The molecule has 0 unspecified atom stereocenters. The summed E-state index contributed by atoms with van der Waals surface area (Å²) in [5.74, 6) is 1.87. The first kappa shape index (κ1) is 12.4. The number of aryl methyl sites for hydroxylation is 1. The maximum absolute atomic E-state index is 5.58. The van der Waals surface area contributed by atoms with Gasteiger partial charge in [0.05, 0.1) is 6.20 Å². The van der Waals surface area contributed by atoms with Gasteiger partial charge in [0.1, 0.15) is 5.82 Å². The van der Waals surface area contributed by atoms with Crippen LogP contribution in [0.2, 0.25) is 0 Å². The Morgan fingerprint density at radius 1 is 1.53 bits per heavy atom. The Labute approximate surface area is 103 Å². The van der Waals surface area contributed by atoms with Gasteiger partial charge in [-0.05, 0) is 31.6 Å². The van der Waals surface area contributed by atoms with Crippen molar-refractivity contribution in [1.29, 1.82) is 0 Å². The van der Waals surface area contributed by atoms with Crippen LogP contribution in [-0.4, -0.2) is 34.8 Å². The molecule has 0 aliphatic heterocycles. The van der Waals surface area contributed by atoms with Crippen molar-refractivity contribution in [3.63, 3.8) is 0 Å². The SMILES string of the molecule is CCCn1nncc1NCCCOCC1CC1. The van der Waals surface area contributed by atoms with Crippen molar-refractivity contribution >= 4 is 5.82 Å². The third kappa shape index (κ3) is 4.34. The Morgan fingerprint density at radius 3 is 3.18 bits per heavy atom. The highest BCUT2D eigenvalue weighted by Crippen LogP contribution is 2.28. The Morgan fingerprint density at radius 2 is 2.41 bits per heavy atom. The van der Waals surface area contributed by atoms with Gasteiger partial charge in [0.15, 0.2) is 0 Å². The summed E-state index contributed by atoms with van der Waals surface area (Å²) >= 11 is 0. The highest BCUT2D eigenvalue weighted by Gasteiger charge is 2.20. The number of ether oxygens (including phenoxy) is 1. The molecule has 0 saturated heterocycles. The van der Waals surface area contributed by atoms with Crippen molar-refractivity contribution in [1.82, 2.24) is 15.0 Å². The Kier molecular flexibility index (Phi) is 4.79. The van der Waals surface area contributed by atoms with Gasteiger partial charge in [-0.3, -0.25) is 0 Å². The molecule has 0 bridgehead atoms. The van der Waals surface area contributed by atoms with E-state index in [2.05, 4.69) is 22.6 Å². The lowest BCUT2D eigenvalue weighted by Crippen LogP contribution is -2.11. The number of nitrogens with zero attached hydrogens (tertiary/aromatic N) is 3. The quantitative estimate of drug-likeness (QED) is 0.668. The minimum absolute atomic E-state index is 0.846. The van der Waals surface area contributed by atoms with Gasteiger partial charge < -0.3 is 10.1 Å². The monoisotopic (exact) mass is 238 g/mol. The zero-order valence-electron chi connectivity index (χ0n) is 10.6. The molecule has 0 amide bonds. The second kappa shape index (κ2) is 6.59. The van der Waals surface area contributed by atoms with Crippen molar-refractivity contribution in [3.05, 3.63) is 6.20 Å². The number of anilines is 1. The van der Waals surface area contributed by atoms with Crippen molar-refractivity contribution in [2.24, 2.45) is 5.92 Å². The van der Waals surface area contributed by atoms with Crippen LogP contribution < -0.4 is 5.32 Å². The van der Waals surface area contributed by atoms with E-state index in [0.717, 1.165) is 50.9 Å². The molecule has 5 nitrogen and oxygen atoms in total. The van der Waals surface area contributed by atoms with E-state index in [1.807, 2.05) is 4.68 Å². The van der Waals surface area contributed by atoms with Crippen LogP contribution in [0.25, 0.3) is 0 Å². The van der Waals surface area contributed by atoms with Crippen LogP contribution in [0, 0.1) is 5.92 Å². The first-order chi connectivity index (χ1) is 8.40. The average molecular weight is 238 g/mol. The molecule has 0 atom stereocenters. The van der Waals surface area contributed by atoms with Crippen molar-refractivity contribution < 1.29 is 4.74 Å². The summed E-state index contributed by atoms with van der Waals surface area (Å²) in [5.41, 5.74) is 0. The van der Waals surface area contributed by atoms with Crippen molar-refractivity contribution in [2.75, 3.05) is 25.1 Å². The molecule has 96 valence electrons. The molecule has 1 heterocycles. The van der Waals surface area contributed by atoms with Crippen LogP contribution in [0.1, 0.15) is 32.6 Å². The van der Waals surface area contributed by atoms with E-state index in [0.29, 0.717) is 0 Å². The third-order valence-electron chi connectivity index (χ3n) is 2.88. The Balaban J connectivity index is 1.55. The molecule has 1 aliphatic carbocycles. The zero-order chi connectivity index (χ0) is 11.9. The van der Waals surface area contributed by atoms with Crippen LogP contribution >= 0.6 is 0 Å². The molecule has 0 aromatic carbocycles. The van der Waals surface area contributed by atoms with Crippen LogP contribution in [-0.2, 0) is 11.3 Å². The number of nitrogens with one attached hydrogen (secondary N) is 1. The van der Waals surface area contributed by atoms with Crippen molar-refractivity contribution in [3.8, 4) is 0 Å². The summed E-state index contributed by atoms with van der Waals surface area (Å²) in [5, 5.41) is 11.3. The summed E-state index contributed by atoms with van der Waals surface area (Å²) in [4.78, 5) is 0. The summed E-state index contributed by atoms with van der Waals surface area (Å²) < 4.78 is 7.48. The maximum Gasteiger partial charge on any atom is 0.144 e. The minimum Gasteiger partial charge on any atom is -0.381 e.